The number of benzene rings is 1. The van der Waals surface area contributed by atoms with Gasteiger partial charge in [0.25, 0.3) is 0 Å². The molecule has 2 aromatic heterocycles. The summed E-state index contributed by atoms with van der Waals surface area (Å²) in [5.41, 5.74) is 2.92. The average Bonchev–Trinajstić information content (AvgIpc) is 3.25. The normalized spacial score (nSPS) is 14.8. The van der Waals surface area contributed by atoms with Gasteiger partial charge in [-0.2, -0.15) is 0 Å². The van der Waals surface area contributed by atoms with Gasteiger partial charge >= 0.3 is 5.97 Å². The van der Waals surface area contributed by atoms with Gasteiger partial charge in [-0.25, -0.2) is 9.78 Å². The number of carboxylic acid groups (broad SMARTS) is 1. The summed E-state index contributed by atoms with van der Waals surface area (Å²) in [4.78, 5) is 17.7. The summed E-state index contributed by atoms with van der Waals surface area (Å²) in [6.45, 7) is 0. The second kappa shape index (κ2) is 6.09. The lowest BCUT2D eigenvalue weighted by atomic mass is 9.97. The molecule has 1 unspecified atom stereocenters. The second-order valence-corrected chi connectivity index (χ2v) is 6.95. The molecular weight excluding hydrogens is 320 g/mol. The summed E-state index contributed by atoms with van der Waals surface area (Å²) in [6, 6.07) is 12.6. The highest BCUT2D eigenvalue weighted by Gasteiger charge is 2.23. The number of nitrogens with zero attached hydrogens (tertiary/aromatic N) is 2. The van der Waals surface area contributed by atoms with Crippen molar-refractivity contribution in [2.24, 2.45) is 0 Å². The molecule has 0 spiro atoms. The fourth-order valence-electron chi connectivity index (χ4n) is 3.13. The minimum atomic E-state index is -0.815. The highest BCUT2D eigenvalue weighted by atomic mass is 32.1. The first-order chi connectivity index (χ1) is 11.7. The van der Waals surface area contributed by atoms with Crippen LogP contribution in [0.25, 0.3) is 6.08 Å². The van der Waals surface area contributed by atoms with Gasteiger partial charge in [-0.3, -0.25) is 0 Å². The first-order valence-corrected chi connectivity index (χ1v) is 8.63. The van der Waals surface area contributed by atoms with E-state index in [1.54, 1.807) is 17.5 Å². The minimum Gasteiger partial charge on any atom is -0.478 e. The van der Waals surface area contributed by atoms with Gasteiger partial charge in [-0.1, -0.05) is 30.3 Å². The highest BCUT2D eigenvalue weighted by Crippen LogP contribution is 2.38. The third kappa shape index (κ3) is 2.67. The van der Waals surface area contributed by atoms with Crippen molar-refractivity contribution in [2.75, 3.05) is 0 Å². The van der Waals surface area contributed by atoms with Crippen molar-refractivity contribution in [3.05, 3.63) is 81.6 Å². The van der Waals surface area contributed by atoms with Crippen LogP contribution in [0.2, 0.25) is 0 Å². The second-order valence-electron chi connectivity index (χ2n) is 5.84. The maximum atomic E-state index is 11.2. The summed E-state index contributed by atoms with van der Waals surface area (Å²) in [5.74, 6) is -0.815. The van der Waals surface area contributed by atoms with Crippen molar-refractivity contribution in [1.82, 2.24) is 9.55 Å². The van der Waals surface area contributed by atoms with Crippen molar-refractivity contribution in [3.8, 4) is 0 Å². The first-order valence-electron chi connectivity index (χ1n) is 7.81. The van der Waals surface area contributed by atoms with E-state index in [0.29, 0.717) is 12.0 Å². The molecule has 1 N–H and O–H groups in total. The Bertz CT molecular complexity index is 895. The van der Waals surface area contributed by atoms with Gasteiger partial charge in [0.1, 0.15) is 0 Å². The molecular formula is C19H16N2O2S. The van der Waals surface area contributed by atoms with Gasteiger partial charge in [0, 0.05) is 27.7 Å². The van der Waals surface area contributed by atoms with Crippen LogP contribution in [0.1, 0.15) is 33.3 Å². The summed E-state index contributed by atoms with van der Waals surface area (Å²) in [6.07, 6.45) is 8.79. The lowest BCUT2D eigenvalue weighted by Gasteiger charge is -2.17. The lowest BCUT2D eigenvalue weighted by Crippen LogP contribution is -2.08. The molecule has 2 heterocycles. The molecule has 1 aromatic carbocycles. The molecule has 0 bridgehead atoms. The zero-order chi connectivity index (χ0) is 16.5. The molecule has 4 nitrogen and oxygen atoms in total. The van der Waals surface area contributed by atoms with Gasteiger partial charge in [0.15, 0.2) is 0 Å². The summed E-state index contributed by atoms with van der Waals surface area (Å²) in [5, 5.41) is 9.23. The summed E-state index contributed by atoms with van der Waals surface area (Å²) >= 11 is 1.67. The van der Waals surface area contributed by atoms with E-state index in [0.717, 1.165) is 11.3 Å². The number of imidazole rings is 1. The molecule has 0 saturated heterocycles. The number of rotatable bonds is 4. The van der Waals surface area contributed by atoms with Gasteiger partial charge in [-0.15, -0.1) is 11.3 Å². The van der Waals surface area contributed by atoms with E-state index in [9.17, 15) is 9.90 Å². The fourth-order valence-corrected chi connectivity index (χ4v) is 4.44. The summed E-state index contributed by atoms with van der Waals surface area (Å²) in [7, 11) is 0. The van der Waals surface area contributed by atoms with Crippen LogP contribution in [-0.4, -0.2) is 20.6 Å². The van der Waals surface area contributed by atoms with Crippen LogP contribution in [0.5, 0.6) is 0 Å². The Kier molecular flexibility index (Phi) is 3.78. The quantitative estimate of drug-likeness (QED) is 0.783. The van der Waals surface area contributed by atoms with Crippen LogP contribution in [0.3, 0.4) is 0 Å². The largest absolute Gasteiger partial charge is 0.478 e. The Labute approximate surface area is 143 Å². The lowest BCUT2D eigenvalue weighted by molar-refractivity contribution is -0.132. The van der Waals surface area contributed by atoms with Crippen LogP contribution in [0.4, 0.5) is 0 Å². The zero-order valence-corrected chi connectivity index (χ0v) is 13.7. The molecule has 0 fully saturated rings. The van der Waals surface area contributed by atoms with Crippen molar-refractivity contribution < 1.29 is 9.90 Å². The third-order valence-corrected chi connectivity index (χ3v) is 5.49. The van der Waals surface area contributed by atoms with Crippen molar-refractivity contribution in [3.63, 3.8) is 0 Å². The van der Waals surface area contributed by atoms with Gasteiger partial charge in [-0.05, 0) is 36.1 Å². The number of fused-ring (bicyclic) bond motifs is 1. The molecule has 3 aromatic rings. The van der Waals surface area contributed by atoms with Crippen LogP contribution in [-0.2, 0) is 11.2 Å². The number of aromatic nitrogens is 2. The van der Waals surface area contributed by atoms with Gasteiger partial charge in [0.2, 0.25) is 0 Å². The number of aryl methyl sites for hydroxylation is 1. The maximum Gasteiger partial charge on any atom is 0.331 e. The smallest absolute Gasteiger partial charge is 0.331 e. The third-order valence-electron chi connectivity index (χ3n) is 4.31. The molecule has 5 heteroatoms. The van der Waals surface area contributed by atoms with E-state index in [1.165, 1.54) is 16.0 Å². The van der Waals surface area contributed by atoms with Crippen LogP contribution < -0.4 is 0 Å². The van der Waals surface area contributed by atoms with E-state index in [4.69, 9.17) is 0 Å². The van der Waals surface area contributed by atoms with Gasteiger partial charge in [0.05, 0.1) is 12.4 Å². The van der Waals surface area contributed by atoms with Crippen molar-refractivity contribution in [2.45, 2.75) is 18.9 Å². The number of hydrogen-bond donors (Lipinski definition) is 1. The number of hydrogen-bond acceptors (Lipinski definition) is 3. The van der Waals surface area contributed by atoms with E-state index in [-0.39, 0.29) is 6.04 Å². The average molecular weight is 336 g/mol. The fraction of sp³-hybridized carbons (Fsp3) is 0.158. The predicted octanol–water partition coefficient (Wildman–Crippen LogP) is 4.00. The minimum absolute atomic E-state index is 0.0611. The predicted molar refractivity (Wildman–Crippen MR) is 94.2 cm³/mol. The van der Waals surface area contributed by atoms with E-state index in [2.05, 4.69) is 27.8 Å². The maximum absolute atomic E-state index is 11.2. The summed E-state index contributed by atoms with van der Waals surface area (Å²) < 4.78 is 2.09. The Morgan fingerprint density at radius 3 is 2.79 bits per heavy atom. The topological polar surface area (TPSA) is 55.1 Å². The molecule has 0 amide bonds. The Morgan fingerprint density at radius 2 is 2.08 bits per heavy atom. The Morgan fingerprint density at radius 1 is 1.25 bits per heavy atom. The molecule has 24 heavy (non-hydrogen) atoms. The molecule has 1 aliphatic carbocycles. The molecule has 4 rings (SSSR count). The van der Waals surface area contributed by atoms with Crippen LogP contribution in [0, 0.1) is 0 Å². The molecule has 1 aliphatic rings. The standard InChI is InChI=1S/C19H16N2O2S/c22-19(23)15-7-6-14-10-17(24-16(14)11-15)18(21-9-8-20-12-21)13-4-2-1-3-5-13/h1-5,8-12,18H,6-7H2,(H,22,23). The Hall–Kier alpha value is -2.66. The van der Waals surface area contributed by atoms with Crippen molar-refractivity contribution >= 4 is 23.4 Å². The van der Waals surface area contributed by atoms with E-state index in [1.807, 2.05) is 36.8 Å². The number of carbonyl (C=O) groups is 1. The monoisotopic (exact) mass is 336 g/mol. The van der Waals surface area contributed by atoms with Gasteiger partial charge < -0.3 is 9.67 Å². The van der Waals surface area contributed by atoms with Crippen molar-refractivity contribution in [1.29, 1.82) is 0 Å². The molecule has 0 aliphatic heterocycles. The molecule has 0 saturated carbocycles. The number of carboxylic acids is 1. The van der Waals surface area contributed by atoms with Crippen LogP contribution in [0.15, 0.2) is 60.7 Å². The molecule has 1 atom stereocenters. The van der Waals surface area contributed by atoms with Crippen LogP contribution >= 0.6 is 11.3 Å². The van der Waals surface area contributed by atoms with E-state index < -0.39 is 5.97 Å². The first kappa shape index (κ1) is 14.9. The van der Waals surface area contributed by atoms with E-state index >= 15 is 0 Å². The number of aliphatic carboxylic acids is 1. The highest BCUT2D eigenvalue weighted by molar-refractivity contribution is 7.13. The Balaban J connectivity index is 1.80. The SMILES string of the molecule is O=C(O)C1=Cc2sc(C(c3ccccc3)n3ccnc3)cc2CC1. The zero-order valence-electron chi connectivity index (χ0n) is 12.9. The molecule has 120 valence electrons. The molecule has 0 radical (unpaired) electrons. The number of thiophene rings is 1.